The van der Waals surface area contributed by atoms with Crippen LogP contribution in [0.4, 0.5) is 23.4 Å². The number of carbonyl (C=O) groups excluding carboxylic acids is 1. The van der Waals surface area contributed by atoms with E-state index in [1.807, 2.05) is 36.7 Å². The third-order valence-corrected chi connectivity index (χ3v) is 6.34. The van der Waals surface area contributed by atoms with Crippen molar-refractivity contribution in [3.63, 3.8) is 0 Å². The predicted octanol–water partition coefficient (Wildman–Crippen LogP) is 4.04. The van der Waals surface area contributed by atoms with Crippen molar-refractivity contribution in [2.45, 2.75) is 19.6 Å². The third-order valence-electron chi connectivity index (χ3n) is 6.34. The van der Waals surface area contributed by atoms with Gasteiger partial charge in [-0.1, -0.05) is 0 Å². The number of anilines is 1. The number of carbonyl (C=O) groups is 2. The molecule has 1 amide bonds. The first-order valence-corrected chi connectivity index (χ1v) is 13.6. The van der Waals surface area contributed by atoms with Crippen LogP contribution in [0.15, 0.2) is 67.1 Å². The molecule has 0 unspecified atom stereocenters. The number of alkyl halides is 3. The number of ether oxygens (including phenoxy) is 1. The zero-order valence-electron chi connectivity index (χ0n) is 24.5. The fourth-order valence-electron chi connectivity index (χ4n) is 4.07. The molecule has 12 nitrogen and oxygen atoms in total. The topological polar surface area (TPSA) is 170 Å². The molecule has 5 rings (SSSR count). The van der Waals surface area contributed by atoms with Crippen molar-refractivity contribution < 1.29 is 37.0 Å². The summed E-state index contributed by atoms with van der Waals surface area (Å²) in [5.41, 5.74) is 10.6. The highest BCUT2D eigenvalue weighted by Crippen LogP contribution is 2.31. The molecule has 0 aliphatic carbocycles. The molecule has 0 aliphatic rings. The van der Waals surface area contributed by atoms with E-state index in [0.29, 0.717) is 47.1 Å². The highest BCUT2D eigenvalue weighted by Gasteiger charge is 2.38. The van der Waals surface area contributed by atoms with E-state index >= 15 is 0 Å². The van der Waals surface area contributed by atoms with Gasteiger partial charge in [0, 0.05) is 42.0 Å². The Bertz CT molecular complexity index is 1850. The molecule has 16 heteroatoms. The first kappa shape index (κ1) is 33.3. The molecule has 4 aromatic heterocycles. The predicted molar refractivity (Wildman–Crippen MR) is 159 cm³/mol. The number of fused-ring (bicyclic) bond motifs is 1. The number of pyridine rings is 2. The van der Waals surface area contributed by atoms with Gasteiger partial charge < -0.3 is 30.6 Å². The smallest absolute Gasteiger partial charge is 0.490 e. The van der Waals surface area contributed by atoms with Gasteiger partial charge in [-0.3, -0.25) is 9.78 Å². The average molecular weight is 641 g/mol. The van der Waals surface area contributed by atoms with Gasteiger partial charge in [0.15, 0.2) is 11.5 Å². The Labute approximate surface area is 259 Å². The number of amides is 1. The highest BCUT2D eigenvalue weighted by atomic mass is 19.4. The number of aryl methyl sites for hydroxylation is 1. The molecule has 1 aromatic carbocycles. The van der Waals surface area contributed by atoms with Gasteiger partial charge in [0.1, 0.15) is 29.5 Å². The van der Waals surface area contributed by atoms with E-state index in [4.69, 9.17) is 20.4 Å². The maximum atomic E-state index is 13.7. The zero-order chi connectivity index (χ0) is 33.4. The second-order valence-corrected chi connectivity index (χ2v) is 9.59. The molecule has 0 fully saturated rings. The minimum Gasteiger partial charge on any atom is -0.490 e. The summed E-state index contributed by atoms with van der Waals surface area (Å²) in [6.07, 6.45) is 0.182. The zero-order valence-corrected chi connectivity index (χ0v) is 24.5. The van der Waals surface area contributed by atoms with E-state index in [9.17, 15) is 22.4 Å². The Morgan fingerprint density at radius 2 is 1.70 bits per heavy atom. The fourth-order valence-corrected chi connectivity index (χ4v) is 4.07. The molecular weight excluding hydrogens is 612 g/mol. The summed E-state index contributed by atoms with van der Waals surface area (Å²) in [4.78, 5) is 40.1. The molecule has 5 aromatic rings. The Balaban J connectivity index is 0.000000617. The van der Waals surface area contributed by atoms with Crippen LogP contribution >= 0.6 is 0 Å². The minimum absolute atomic E-state index is 0.0353. The molecule has 4 heterocycles. The van der Waals surface area contributed by atoms with Crippen LogP contribution in [0.25, 0.3) is 28.2 Å². The third kappa shape index (κ3) is 8.09. The van der Waals surface area contributed by atoms with Crippen molar-refractivity contribution in [3.05, 3.63) is 90.0 Å². The van der Waals surface area contributed by atoms with Crippen LogP contribution in [-0.2, 0) is 11.3 Å². The largest absolute Gasteiger partial charge is 0.490 e. The van der Waals surface area contributed by atoms with Crippen LogP contribution in [0.3, 0.4) is 0 Å². The molecule has 0 bridgehead atoms. The number of aliphatic carboxylic acids is 1. The molecule has 0 radical (unpaired) electrons. The molecule has 0 atom stereocenters. The SMILES string of the molecule is CNCCOc1cccnc1CNC(=O)c1nc(-c2ccc3ncc(C)n3c2)c(-c2ccc(F)cc2)nc1N.O=C(O)C(F)(F)F. The van der Waals surface area contributed by atoms with E-state index < -0.39 is 18.1 Å². The number of hydrogen-bond acceptors (Lipinski definition) is 9. The number of hydrogen-bond donors (Lipinski definition) is 4. The maximum Gasteiger partial charge on any atom is 0.490 e. The number of carboxylic acid groups (broad SMARTS) is 1. The van der Waals surface area contributed by atoms with Crippen LogP contribution in [0, 0.1) is 12.7 Å². The fraction of sp³-hybridized carbons (Fsp3) is 0.200. The molecule has 0 saturated heterocycles. The van der Waals surface area contributed by atoms with Crippen LogP contribution in [0.1, 0.15) is 21.9 Å². The second kappa shape index (κ2) is 14.4. The molecule has 0 aliphatic heterocycles. The number of nitrogens with zero attached hydrogens (tertiary/aromatic N) is 5. The molecular formula is C30H28F4N8O4. The van der Waals surface area contributed by atoms with E-state index in [1.165, 1.54) is 12.1 Å². The van der Waals surface area contributed by atoms with Gasteiger partial charge >= 0.3 is 12.1 Å². The van der Waals surface area contributed by atoms with Gasteiger partial charge in [0.25, 0.3) is 5.91 Å². The second-order valence-electron chi connectivity index (χ2n) is 9.59. The van der Waals surface area contributed by atoms with Gasteiger partial charge in [-0.2, -0.15) is 13.2 Å². The van der Waals surface area contributed by atoms with Gasteiger partial charge in [-0.25, -0.2) is 24.1 Å². The van der Waals surface area contributed by atoms with Crippen LogP contribution in [-0.4, -0.2) is 67.7 Å². The monoisotopic (exact) mass is 640 g/mol. The lowest BCUT2D eigenvalue weighted by Crippen LogP contribution is -2.26. The van der Waals surface area contributed by atoms with Gasteiger partial charge in [-0.15, -0.1) is 0 Å². The Hall–Kier alpha value is -5.64. The number of imidazole rings is 1. The van der Waals surface area contributed by atoms with E-state index in [0.717, 1.165) is 11.3 Å². The van der Waals surface area contributed by atoms with Gasteiger partial charge in [0.2, 0.25) is 0 Å². The molecule has 0 spiro atoms. The van der Waals surface area contributed by atoms with E-state index in [-0.39, 0.29) is 23.9 Å². The Kier molecular flexibility index (Phi) is 10.4. The standard InChI is InChI=1S/C28H27FN8O2.C2HF3O2/c1-17-14-33-23-10-7-19(16-37(17)23)25-24(18-5-8-20(29)9-6-18)36-27(30)26(35-25)28(38)34-15-21-22(4-3-11-32-21)39-13-12-31-2;3-2(4,5)1(6)7/h3-11,14,16,31H,12-13,15H2,1-2H3,(H2,30,36)(H,34,38);(H,6,7). The molecule has 0 saturated carbocycles. The lowest BCUT2D eigenvalue weighted by molar-refractivity contribution is -0.192. The highest BCUT2D eigenvalue weighted by molar-refractivity contribution is 5.98. The number of benzene rings is 1. The lowest BCUT2D eigenvalue weighted by atomic mass is 10.0. The van der Waals surface area contributed by atoms with E-state index in [1.54, 1.807) is 36.7 Å². The summed E-state index contributed by atoms with van der Waals surface area (Å²) in [6.45, 7) is 3.16. The number of likely N-dealkylation sites (N-methyl/N-ethyl adjacent to an activating group) is 1. The summed E-state index contributed by atoms with van der Waals surface area (Å²) in [5, 5.41) is 13.0. The van der Waals surface area contributed by atoms with Crippen molar-refractivity contribution >= 4 is 23.3 Å². The van der Waals surface area contributed by atoms with Crippen molar-refractivity contribution in [3.8, 4) is 28.3 Å². The summed E-state index contributed by atoms with van der Waals surface area (Å²) < 4.78 is 53.1. The normalized spacial score (nSPS) is 11.1. The maximum absolute atomic E-state index is 13.7. The first-order valence-electron chi connectivity index (χ1n) is 13.6. The van der Waals surface area contributed by atoms with Crippen molar-refractivity contribution in [1.82, 2.24) is 35.0 Å². The number of halogens is 4. The van der Waals surface area contributed by atoms with Crippen LogP contribution in [0.5, 0.6) is 5.75 Å². The van der Waals surface area contributed by atoms with Crippen molar-refractivity contribution in [2.75, 3.05) is 25.9 Å². The summed E-state index contributed by atoms with van der Waals surface area (Å²) >= 11 is 0. The number of rotatable bonds is 9. The minimum atomic E-state index is -5.08. The quantitative estimate of drug-likeness (QED) is 0.136. The average Bonchev–Trinajstić information content (AvgIpc) is 3.40. The van der Waals surface area contributed by atoms with E-state index in [2.05, 4.69) is 30.6 Å². The Morgan fingerprint density at radius 3 is 2.37 bits per heavy atom. The van der Waals surface area contributed by atoms with Crippen LogP contribution < -0.4 is 21.1 Å². The number of nitrogens with two attached hydrogens (primary N) is 1. The molecule has 5 N–H and O–H groups in total. The number of carboxylic acids is 1. The van der Waals surface area contributed by atoms with Crippen molar-refractivity contribution in [2.24, 2.45) is 0 Å². The number of aromatic nitrogens is 5. The summed E-state index contributed by atoms with van der Waals surface area (Å²) in [7, 11) is 1.84. The van der Waals surface area contributed by atoms with Gasteiger partial charge in [0.05, 0.1) is 17.9 Å². The van der Waals surface area contributed by atoms with Crippen LogP contribution in [0.2, 0.25) is 0 Å². The summed E-state index contributed by atoms with van der Waals surface area (Å²) in [5.74, 6) is -3.13. The Morgan fingerprint density at radius 1 is 1.02 bits per heavy atom. The first-order chi connectivity index (χ1) is 21.9. The number of nitrogens with one attached hydrogen (secondary N) is 2. The lowest BCUT2D eigenvalue weighted by Gasteiger charge is -2.14. The molecule has 46 heavy (non-hydrogen) atoms. The van der Waals surface area contributed by atoms with Gasteiger partial charge in [-0.05, 0) is 62.5 Å². The number of nitrogen functional groups attached to an aromatic ring is 1. The summed E-state index contributed by atoms with van der Waals surface area (Å²) in [6, 6.07) is 13.1. The molecule has 240 valence electrons. The van der Waals surface area contributed by atoms with Crippen molar-refractivity contribution in [1.29, 1.82) is 0 Å².